The molecule has 5 nitrogen and oxygen atoms in total. The minimum Gasteiger partial charge on any atom is -0.335 e. The van der Waals surface area contributed by atoms with Gasteiger partial charge in [0, 0.05) is 35.9 Å². The van der Waals surface area contributed by atoms with E-state index < -0.39 is 0 Å². The number of likely N-dealkylation sites (tertiary alicyclic amines) is 1. The summed E-state index contributed by atoms with van der Waals surface area (Å²) < 4.78 is 0. The van der Waals surface area contributed by atoms with Crippen LogP contribution in [0.25, 0.3) is 0 Å². The Bertz CT molecular complexity index is 799. The van der Waals surface area contributed by atoms with Gasteiger partial charge in [-0.15, -0.1) is 11.3 Å². The van der Waals surface area contributed by atoms with Gasteiger partial charge >= 0.3 is 0 Å². The van der Waals surface area contributed by atoms with Crippen molar-refractivity contribution in [2.75, 3.05) is 11.9 Å². The second kappa shape index (κ2) is 8.21. The fourth-order valence-corrected chi connectivity index (χ4v) is 5.27. The molecule has 1 saturated carbocycles. The molecule has 2 aromatic heterocycles. The second-order valence-corrected chi connectivity index (χ2v) is 8.61. The van der Waals surface area contributed by atoms with Crippen molar-refractivity contribution in [1.29, 1.82) is 0 Å². The first kappa shape index (κ1) is 18.2. The molecule has 0 radical (unpaired) electrons. The van der Waals surface area contributed by atoms with E-state index in [9.17, 15) is 9.59 Å². The van der Waals surface area contributed by atoms with Crippen LogP contribution in [0.2, 0.25) is 0 Å². The molecule has 4 rings (SSSR count). The highest BCUT2D eigenvalue weighted by Crippen LogP contribution is 2.38. The summed E-state index contributed by atoms with van der Waals surface area (Å²) in [5.74, 6) is 0.753. The topological polar surface area (TPSA) is 62.3 Å². The Hall–Kier alpha value is -2.21. The molecule has 1 aliphatic heterocycles. The maximum atomic E-state index is 12.8. The van der Waals surface area contributed by atoms with Crippen molar-refractivity contribution in [1.82, 2.24) is 9.88 Å². The zero-order valence-corrected chi connectivity index (χ0v) is 16.2. The third-order valence-corrected chi connectivity index (χ3v) is 6.81. The molecule has 0 aromatic carbocycles. The Morgan fingerprint density at radius 2 is 1.85 bits per heavy atom. The molecule has 27 heavy (non-hydrogen) atoms. The Labute approximate surface area is 163 Å². The number of nitrogens with one attached hydrogen (secondary N) is 1. The number of thiophene rings is 1. The Kier molecular flexibility index (Phi) is 5.53. The Morgan fingerprint density at radius 3 is 2.63 bits per heavy atom. The van der Waals surface area contributed by atoms with Gasteiger partial charge in [0.15, 0.2) is 0 Å². The van der Waals surface area contributed by atoms with Crippen molar-refractivity contribution in [2.45, 2.75) is 51.0 Å². The third-order valence-electron chi connectivity index (χ3n) is 5.63. The summed E-state index contributed by atoms with van der Waals surface area (Å²) in [5.41, 5.74) is 0.735. The first-order valence-corrected chi connectivity index (χ1v) is 10.6. The molecule has 2 aromatic rings. The molecule has 1 atom stereocenters. The standard InChI is InChI=1S/C21H25N3O2S/c25-20(14-15-4-1-2-5-15)24-13-3-6-17(24)18-7-8-19(27-18)21(26)23-16-9-11-22-12-10-16/h7-12,15,17H,1-6,13-14H2,(H,22,23,26)/t17-/m0/s1. The quantitative estimate of drug-likeness (QED) is 0.818. The number of aromatic nitrogens is 1. The van der Waals surface area contributed by atoms with Crippen molar-refractivity contribution in [3.63, 3.8) is 0 Å². The number of nitrogens with zero attached hydrogens (tertiary/aromatic N) is 2. The molecular weight excluding hydrogens is 358 g/mol. The van der Waals surface area contributed by atoms with Crippen molar-refractivity contribution < 1.29 is 9.59 Å². The van der Waals surface area contributed by atoms with Crippen LogP contribution in [0.15, 0.2) is 36.7 Å². The fourth-order valence-electron chi connectivity index (χ4n) is 4.22. The van der Waals surface area contributed by atoms with Gasteiger partial charge in [-0.3, -0.25) is 14.6 Å². The summed E-state index contributed by atoms with van der Waals surface area (Å²) in [5, 5.41) is 2.90. The minimum absolute atomic E-state index is 0.112. The number of carbonyl (C=O) groups is 2. The van der Waals surface area contributed by atoms with Crippen molar-refractivity contribution in [2.24, 2.45) is 5.92 Å². The zero-order valence-electron chi connectivity index (χ0n) is 15.4. The molecular formula is C21H25N3O2S. The van der Waals surface area contributed by atoms with E-state index >= 15 is 0 Å². The number of hydrogen-bond acceptors (Lipinski definition) is 4. The molecule has 0 spiro atoms. The van der Waals surface area contributed by atoms with Gasteiger partial charge in [-0.05, 0) is 55.9 Å². The van der Waals surface area contributed by atoms with E-state index in [1.54, 1.807) is 24.5 Å². The van der Waals surface area contributed by atoms with Crippen molar-refractivity contribution >= 4 is 28.8 Å². The van der Waals surface area contributed by atoms with Crippen molar-refractivity contribution in [3.05, 3.63) is 46.4 Å². The SMILES string of the molecule is O=C(Nc1ccncc1)c1ccc([C@@H]2CCCN2C(=O)CC2CCCC2)s1. The average molecular weight is 384 g/mol. The van der Waals surface area contributed by atoms with E-state index in [0.29, 0.717) is 23.1 Å². The summed E-state index contributed by atoms with van der Waals surface area (Å²) in [6.45, 7) is 0.840. The highest BCUT2D eigenvalue weighted by atomic mass is 32.1. The van der Waals surface area contributed by atoms with E-state index in [1.807, 2.05) is 12.1 Å². The van der Waals surface area contributed by atoms with E-state index in [0.717, 1.165) is 30.0 Å². The first-order valence-electron chi connectivity index (χ1n) is 9.81. The summed E-state index contributed by atoms with van der Waals surface area (Å²) in [6.07, 6.45) is 11.0. The summed E-state index contributed by atoms with van der Waals surface area (Å²) >= 11 is 1.50. The largest absolute Gasteiger partial charge is 0.335 e. The lowest BCUT2D eigenvalue weighted by molar-refractivity contribution is -0.133. The third kappa shape index (κ3) is 4.21. The molecule has 0 unspecified atom stereocenters. The monoisotopic (exact) mass is 383 g/mol. The number of pyridine rings is 1. The molecule has 142 valence electrons. The van der Waals surface area contributed by atoms with Crippen LogP contribution in [0.1, 0.15) is 65.5 Å². The lowest BCUT2D eigenvalue weighted by Crippen LogP contribution is -2.31. The summed E-state index contributed by atoms with van der Waals surface area (Å²) in [4.78, 5) is 33.1. The highest BCUT2D eigenvalue weighted by Gasteiger charge is 2.32. The van der Waals surface area contributed by atoms with Crippen LogP contribution < -0.4 is 5.32 Å². The minimum atomic E-state index is -0.112. The second-order valence-electron chi connectivity index (χ2n) is 7.49. The molecule has 1 aliphatic carbocycles. The lowest BCUT2D eigenvalue weighted by Gasteiger charge is -2.25. The van der Waals surface area contributed by atoms with E-state index in [2.05, 4.69) is 15.2 Å². The van der Waals surface area contributed by atoms with Crippen LogP contribution in [-0.4, -0.2) is 28.2 Å². The number of amides is 2. The summed E-state index contributed by atoms with van der Waals surface area (Å²) in [6, 6.07) is 7.55. The average Bonchev–Trinajstić information content (AvgIpc) is 3.43. The molecule has 3 heterocycles. The van der Waals surface area contributed by atoms with Crippen LogP contribution >= 0.6 is 11.3 Å². The van der Waals surface area contributed by atoms with Crippen LogP contribution in [0.5, 0.6) is 0 Å². The predicted octanol–water partition coefficient (Wildman–Crippen LogP) is 4.64. The highest BCUT2D eigenvalue weighted by molar-refractivity contribution is 7.14. The van der Waals surface area contributed by atoms with E-state index in [4.69, 9.17) is 0 Å². The molecule has 1 saturated heterocycles. The number of anilines is 1. The van der Waals surface area contributed by atoms with Crippen LogP contribution in [0.4, 0.5) is 5.69 Å². The molecule has 1 N–H and O–H groups in total. The maximum Gasteiger partial charge on any atom is 0.265 e. The summed E-state index contributed by atoms with van der Waals surface area (Å²) in [7, 11) is 0. The van der Waals surface area contributed by atoms with E-state index in [-0.39, 0.29) is 11.9 Å². The smallest absolute Gasteiger partial charge is 0.265 e. The number of hydrogen-bond donors (Lipinski definition) is 1. The van der Waals surface area contributed by atoms with Gasteiger partial charge in [-0.25, -0.2) is 0 Å². The molecule has 2 amide bonds. The van der Waals surface area contributed by atoms with Gasteiger partial charge in [0.1, 0.15) is 0 Å². The Balaban J connectivity index is 1.42. The van der Waals surface area contributed by atoms with Gasteiger partial charge < -0.3 is 10.2 Å². The first-order chi connectivity index (χ1) is 13.2. The molecule has 0 bridgehead atoms. The molecule has 2 fully saturated rings. The molecule has 6 heteroatoms. The van der Waals surface area contributed by atoms with Crippen molar-refractivity contribution in [3.8, 4) is 0 Å². The van der Waals surface area contributed by atoms with Crippen LogP contribution in [0, 0.1) is 5.92 Å². The van der Waals surface area contributed by atoms with Crippen LogP contribution in [0.3, 0.4) is 0 Å². The van der Waals surface area contributed by atoms with Gasteiger partial charge in [-0.1, -0.05) is 12.8 Å². The number of carbonyl (C=O) groups excluding carboxylic acids is 2. The van der Waals surface area contributed by atoms with Gasteiger partial charge in [-0.2, -0.15) is 0 Å². The van der Waals surface area contributed by atoms with E-state index in [1.165, 1.54) is 37.0 Å². The molecule has 2 aliphatic rings. The zero-order chi connectivity index (χ0) is 18.6. The Morgan fingerprint density at radius 1 is 1.07 bits per heavy atom. The van der Waals surface area contributed by atoms with Crippen LogP contribution in [-0.2, 0) is 4.79 Å². The fraction of sp³-hybridized carbons (Fsp3) is 0.476. The normalized spacial score (nSPS) is 20.1. The van der Waals surface area contributed by atoms with Gasteiger partial charge in [0.25, 0.3) is 5.91 Å². The maximum absolute atomic E-state index is 12.8. The number of rotatable bonds is 5. The van der Waals surface area contributed by atoms with Gasteiger partial charge in [0.2, 0.25) is 5.91 Å². The predicted molar refractivity (Wildman–Crippen MR) is 107 cm³/mol. The lowest BCUT2D eigenvalue weighted by atomic mass is 10.0. The van der Waals surface area contributed by atoms with Gasteiger partial charge in [0.05, 0.1) is 10.9 Å².